The monoisotopic (exact) mass is 379 g/mol. The number of ether oxygens (including phenoxy) is 1. The van der Waals surface area contributed by atoms with Crippen molar-refractivity contribution in [1.82, 2.24) is 5.32 Å². The SMILES string of the molecule is O[C@@H]1[C@@H](NCCc2ccc(Cl)cc2)CCC[C@H]1Oc1cccc(Cl)c1. The van der Waals surface area contributed by atoms with Gasteiger partial charge in [0, 0.05) is 16.1 Å². The molecular formula is C20H23Cl2NO2. The summed E-state index contributed by atoms with van der Waals surface area (Å²) in [6.45, 7) is 0.813. The number of nitrogens with one attached hydrogen (secondary N) is 1. The molecule has 1 saturated carbocycles. The van der Waals surface area contributed by atoms with Crippen molar-refractivity contribution in [1.29, 1.82) is 0 Å². The first kappa shape index (κ1) is 18.5. The summed E-state index contributed by atoms with van der Waals surface area (Å²) in [4.78, 5) is 0. The molecule has 2 aromatic carbocycles. The van der Waals surface area contributed by atoms with Gasteiger partial charge < -0.3 is 15.2 Å². The lowest BCUT2D eigenvalue weighted by Gasteiger charge is -2.35. The molecule has 5 heteroatoms. The number of halogens is 2. The second kappa shape index (κ2) is 8.91. The van der Waals surface area contributed by atoms with Gasteiger partial charge in [-0.25, -0.2) is 0 Å². The van der Waals surface area contributed by atoms with Crippen molar-refractivity contribution in [3.05, 3.63) is 64.1 Å². The van der Waals surface area contributed by atoms with E-state index in [1.807, 2.05) is 42.5 Å². The number of benzene rings is 2. The van der Waals surface area contributed by atoms with E-state index in [0.29, 0.717) is 10.8 Å². The Labute approximate surface area is 158 Å². The molecule has 3 atom stereocenters. The summed E-state index contributed by atoms with van der Waals surface area (Å²) in [6, 6.07) is 15.2. The molecule has 0 saturated heterocycles. The Morgan fingerprint density at radius 3 is 2.60 bits per heavy atom. The summed E-state index contributed by atoms with van der Waals surface area (Å²) in [5.74, 6) is 0.707. The molecule has 3 rings (SSSR count). The van der Waals surface area contributed by atoms with Gasteiger partial charge in [0.1, 0.15) is 18.0 Å². The van der Waals surface area contributed by atoms with E-state index in [1.54, 1.807) is 6.07 Å². The van der Waals surface area contributed by atoms with Gasteiger partial charge in [-0.3, -0.25) is 0 Å². The van der Waals surface area contributed by atoms with E-state index in [-0.39, 0.29) is 12.1 Å². The summed E-state index contributed by atoms with van der Waals surface area (Å²) in [5, 5.41) is 15.5. The molecule has 3 nitrogen and oxygen atoms in total. The topological polar surface area (TPSA) is 41.5 Å². The Hall–Kier alpha value is -1.26. The van der Waals surface area contributed by atoms with Gasteiger partial charge >= 0.3 is 0 Å². The van der Waals surface area contributed by atoms with Gasteiger partial charge in [0.05, 0.1) is 0 Å². The van der Waals surface area contributed by atoms with Crippen molar-refractivity contribution in [2.24, 2.45) is 0 Å². The largest absolute Gasteiger partial charge is 0.488 e. The molecule has 0 heterocycles. The van der Waals surface area contributed by atoms with Crippen LogP contribution < -0.4 is 10.1 Å². The van der Waals surface area contributed by atoms with Gasteiger partial charge in [-0.15, -0.1) is 0 Å². The second-order valence-electron chi connectivity index (χ2n) is 6.47. The molecule has 0 aliphatic heterocycles. The minimum absolute atomic E-state index is 0.0465. The van der Waals surface area contributed by atoms with Gasteiger partial charge in [0.25, 0.3) is 0 Å². The summed E-state index contributed by atoms with van der Waals surface area (Å²) < 4.78 is 5.97. The van der Waals surface area contributed by atoms with E-state index in [9.17, 15) is 5.11 Å². The summed E-state index contributed by atoms with van der Waals surface area (Å²) in [6.07, 6.45) is 3.00. The van der Waals surface area contributed by atoms with E-state index >= 15 is 0 Å². The predicted octanol–water partition coefficient (Wildman–Crippen LogP) is 4.49. The quantitative estimate of drug-likeness (QED) is 0.776. The fourth-order valence-corrected chi connectivity index (χ4v) is 3.57. The van der Waals surface area contributed by atoms with Crippen LogP contribution in [0.1, 0.15) is 24.8 Å². The van der Waals surface area contributed by atoms with E-state index in [2.05, 4.69) is 5.32 Å². The number of hydrogen-bond donors (Lipinski definition) is 2. The lowest BCUT2D eigenvalue weighted by molar-refractivity contribution is -0.0151. The predicted molar refractivity (Wildman–Crippen MR) is 103 cm³/mol. The summed E-state index contributed by atoms with van der Waals surface area (Å²) in [7, 11) is 0. The zero-order chi connectivity index (χ0) is 17.6. The third kappa shape index (κ3) is 5.35. The molecule has 0 unspecified atom stereocenters. The highest BCUT2D eigenvalue weighted by Crippen LogP contribution is 2.26. The highest BCUT2D eigenvalue weighted by atomic mass is 35.5. The van der Waals surface area contributed by atoms with Crippen molar-refractivity contribution in [3.63, 3.8) is 0 Å². The van der Waals surface area contributed by atoms with Crippen LogP contribution in [0.3, 0.4) is 0 Å². The van der Waals surface area contributed by atoms with Crippen LogP contribution in [0.2, 0.25) is 10.0 Å². The molecule has 134 valence electrons. The molecule has 0 aromatic heterocycles. The van der Waals surface area contributed by atoms with E-state index in [4.69, 9.17) is 27.9 Å². The van der Waals surface area contributed by atoms with Crippen LogP contribution in [0.15, 0.2) is 48.5 Å². The molecule has 0 amide bonds. The third-order valence-electron chi connectivity index (χ3n) is 4.61. The molecule has 0 spiro atoms. The van der Waals surface area contributed by atoms with Crippen LogP contribution >= 0.6 is 23.2 Å². The van der Waals surface area contributed by atoms with Crippen molar-refractivity contribution >= 4 is 23.2 Å². The molecule has 25 heavy (non-hydrogen) atoms. The molecule has 2 N–H and O–H groups in total. The second-order valence-corrected chi connectivity index (χ2v) is 7.35. The van der Waals surface area contributed by atoms with Crippen molar-refractivity contribution in [3.8, 4) is 5.75 Å². The number of rotatable bonds is 6. The maximum Gasteiger partial charge on any atom is 0.126 e. The number of hydrogen-bond acceptors (Lipinski definition) is 3. The molecule has 1 aliphatic carbocycles. The minimum Gasteiger partial charge on any atom is -0.488 e. The van der Waals surface area contributed by atoms with Gasteiger partial charge in [-0.2, -0.15) is 0 Å². The fourth-order valence-electron chi connectivity index (χ4n) is 3.26. The van der Waals surface area contributed by atoms with Crippen LogP contribution in [0.4, 0.5) is 0 Å². The Morgan fingerprint density at radius 2 is 1.84 bits per heavy atom. The first-order chi connectivity index (χ1) is 12.1. The smallest absolute Gasteiger partial charge is 0.126 e. The van der Waals surface area contributed by atoms with E-state index in [0.717, 1.165) is 37.3 Å². The zero-order valence-electron chi connectivity index (χ0n) is 14.0. The first-order valence-electron chi connectivity index (χ1n) is 8.70. The zero-order valence-corrected chi connectivity index (χ0v) is 15.5. The van der Waals surface area contributed by atoms with Crippen LogP contribution in [0.25, 0.3) is 0 Å². The lowest BCUT2D eigenvalue weighted by atomic mass is 9.89. The minimum atomic E-state index is -0.530. The van der Waals surface area contributed by atoms with Crippen LogP contribution in [0, 0.1) is 0 Å². The molecule has 2 aromatic rings. The number of aliphatic hydroxyl groups excluding tert-OH is 1. The normalized spacial score (nSPS) is 23.4. The third-order valence-corrected chi connectivity index (χ3v) is 5.10. The standard InChI is InChI=1S/C20H23Cl2NO2/c21-15-9-7-14(8-10-15)11-12-23-18-5-2-6-19(20(18)24)25-17-4-1-3-16(22)13-17/h1,3-4,7-10,13,18-20,23-24H,2,5-6,11-12H2/t18-,19+,20+/m0/s1. The highest BCUT2D eigenvalue weighted by Gasteiger charge is 2.32. The average molecular weight is 380 g/mol. The van der Waals surface area contributed by atoms with Crippen molar-refractivity contribution in [2.45, 2.75) is 43.9 Å². The van der Waals surface area contributed by atoms with Gasteiger partial charge in [-0.05, 0) is 68.1 Å². The molecule has 1 fully saturated rings. The Kier molecular flexibility index (Phi) is 6.60. The Bertz CT molecular complexity index is 678. The van der Waals surface area contributed by atoms with Gasteiger partial charge in [0.2, 0.25) is 0 Å². The number of aliphatic hydroxyl groups is 1. The lowest BCUT2D eigenvalue weighted by Crippen LogP contribution is -2.51. The van der Waals surface area contributed by atoms with Gasteiger partial charge in [0.15, 0.2) is 0 Å². The molecule has 0 radical (unpaired) electrons. The maximum absolute atomic E-state index is 10.7. The molecule has 0 bridgehead atoms. The summed E-state index contributed by atoms with van der Waals surface area (Å²) in [5.41, 5.74) is 1.23. The van der Waals surface area contributed by atoms with Crippen LogP contribution in [-0.2, 0) is 6.42 Å². The fraction of sp³-hybridized carbons (Fsp3) is 0.400. The van der Waals surface area contributed by atoms with Crippen LogP contribution in [0.5, 0.6) is 5.75 Å². The molecular weight excluding hydrogens is 357 g/mol. The summed E-state index contributed by atoms with van der Waals surface area (Å²) >= 11 is 11.9. The first-order valence-corrected chi connectivity index (χ1v) is 9.45. The van der Waals surface area contributed by atoms with Crippen LogP contribution in [-0.4, -0.2) is 29.9 Å². The van der Waals surface area contributed by atoms with Crippen molar-refractivity contribution < 1.29 is 9.84 Å². The average Bonchev–Trinajstić information content (AvgIpc) is 2.60. The Balaban J connectivity index is 1.51. The van der Waals surface area contributed by atoms with Crippen molar-refractivity contribution in [2.75, 3.05) is 6.54 Å². The van der Waals surface area contributed by atoms with Gasteiger partial charge in [-0.1, -0.05) is 41.4 Å². The maximum atomic E-state index is 10.7. The van der Waals surface area contributed by atoms with E-state index < -0.39 is 6.10 Å². The molecule has 1 aliphatic rings. The van der Waals surface area contributed by atoms with E-state index in [1.165, 1.54) is 5.56 Å². The highest BCUT2D eigenvalue weighted by molar-refractivity contribution is 6.30. The Morgan fingerprint density at radius 1 is 1.04 bits per heavy atom.